The summed E-state index contributed by atoms with van der Waals surface area (Å²) in [5.41, 5.74) is 12.8. The molecule has 0 bridgehead atoms. The molecule has 0 atom stereocenters. The molecule has 0 saturated heterocycles. The summed E-state index contributed by atoms with van der Waals surface area (Å²) in [7, 11) is 0. The highest BCUT2D eigenvalue weighted by Gasteiger charge is 2.33. The second-order valence-corrected chi connectivity index (χ2v) is 13.7. The van der Waals surface area contributed by atoms with Gasteiger partial charge in [-0.05, 0) is 123 Å². The van der Waals surface area contributed by atoms with Gasteiger partial charge in [-0.25, -0.2) is 0 Å². The first-order valence-electron chi connectivity index (χ1n) is 16.6. The van der Waals surface area contributed by atoms with Gasteiger partial charge in [0, 0.05) is 5.41 Å². The van der Waals surface area contributed by atoms with E-state index in [0.717, 1.165) is 0 Å². The zero-order valence-corrected chi connectivity index (χ0v) is 26.5. The van der Waals surface area contributed by atoms with E-state index in [1.54, 1.807) is 0 Å². The molecule has 0 saturated carbocycles. The van der Waals surface area contributed by atoms with E-state index in [-0.39, 0.29) is 5.41 Å². The first-order valence-corrected chi connectivity index (χ1v) is 16.6. The van der Waals surface area contributed by atoms with Gasteiger partial charge in [-0.1, -0.05) is 147 Å². The molecule has 10 rings (SSSR count). The van der Waals surface area contributed by atoms with Gasteiger partial charge in [0.05, 0.1) is 0 Å². The molecule has 0 radical (unpaired) electrons. The topological polar surface area (TPSA) is 0 Å². The van der Waals surface area contributed by atoms with Gasteiger partial charge >= 0.3 is 0 Å². The Balaban J connectivity index is 1.22. The Hall–Kier alpha value is -5.72. The van der Waals surface area contributed by atoms with Crippen LogP contribution in [0.15, 0.2) is 158 Å². The molecule has 1 aliphatic rings. The summed E-state index contributed by atoms with van der Waals surface area (Å²) >= 11 is 0. The second-order valence-electron chi connectivity index (χ2n) is 13.7. The fourth-order valence-electron chi connectivity index (χ4n) is 8.44. The highest BCUT2D eigenvalue weighted by atomic mass is 14.4. The lowest BCUT2D eigenvalue weighted by molar-refractivity contribution is 0.645. The predicted octanol–water partition coefficient (Wildman–Crippen LogP) is 13.0. The number of benzene rings is 9. The number of rotatable bonds is 3. The monoisotopic (exact) mass is 596 g/mol. The maximum Gasteiger partial charge on any atom is 0.0159 e. The Morgan fingerprint density at radius 1 is 0.319 bits per heavy atom. The van der Waals surface area contributed by atoms with E-state index < -0.39 is 0 Å². The van der Waals surface area contributed by atoms with Gasteiger partial charge in [0.2, 0.25) is 0 Å². The molecule has 220 valence electrons. The van der Waals surface area contributed by atoms with Crippen molar-refractivity contribution in [2.75, 3.05) is 0 Å². The van der Waals surface area contributed by atoms with Crippen LogP contribution in [0, 0.1) is 0 Å². The summed E-state index contributed by atoms with van der Waals surface area (Å²) < 4.78 is 0. The summed E-state index contributed by atoms with van der Waals surface area (Å²) in [6, 6.07) is 59.1. The standard InChI is InChI=1S/C47H32/c1-47(2)42-16-8-14-30-13-7-15-40(45(30)42)39-23-21-34(28-43(39)47)36-25-35(29-9-4-3-5-10-29)26-37(27-36)38-22-19-33-18-17-31-11-6-12-32-20-24-41(38)46(33)44(31)32/h3-28H,1-2H3. The summed E-state index contributed by atoms with van der Waals surface area (Å²) in [5.74, 6) is 0. The molecule has 0 aliphatic heterocycles. The van der Waals surface area contributed by atoms with Crippen LogP contribution < -0.4 is 0 Å². The van der Waals surface area contributed by atoms with Crippen LogP contribution in [0.3, 0.4) is 0 Å². The van der Waals surface area contributed by atoms with Crippen LogP contribution in [0.4, 0.5) is 0 Å². The zero-order chi connectivity index (χ0) is 31.3. The van der Waals surface area contributed by atoms with Crippen molar-refractivity contribution < 1.29 is 0 Å². The zero-order valence-electron chi connectivity index (χ0n) is 26.5. The minimum atomic E-state index is -0.120. The molecule has 0 heterocycles. The molecule has 0 heteroatoms. The Bertz CT molecular complexity index is 2670. The van der Waals surface area contributed by atoms with Gasteiger partial charge in [-0.3, -0.25) is 0 Å². The fourth-order valence-corrected chi connectivity index (χ4v) is 8.44. The molecular formula is C47H32. The van der Waals surface area contributed by atoms with E-state index in [4.69, 9.17) is 0 Å². The minimum absolute atomic E-state index is 0.120. The van der Waals surface area contributed by atoms with Gasteiger partial charge in [-0.2, -0.15) is 0 Å². The largest absolute Gasteiger partial charge is 0.0622 e. The van der Waals surface area contributed by atoms with E-state index in [1.807, 2.05) is 0 Å². The van der Waals surface area contributed by atoms with Crippen molar-refractivity contribution >= 4 is 43.1 Å². The van der Waals surface area contributed by atoms with E-state index in [2.05, 4.69) is 172 Å². The smallest absolute Gasteiger partial charge is 0.0159 e. The van der Waals surface area contributed by atoms with Crippen LogP contribution >= 0.6 is 0 Å². The Morgan fingerprint density at radius 3 is 1.70 bits per heavy atom. The normalized spacial score (nSPS) is 13.5. The van der Waals surface area contributed by atoms with Gasteiger partial charge in [0.25, 0.3) is 0 Å². The van der Waals surface area contributed by atoms with E-state index in [0.29, 0.717) is 0 Å². The highest BCUT2D eigenvalue weighted by Crippen LogP contribution is 2.50. The Morgan fingerprint density at radius 2 is 0.915 bits per heavy atom. The summed E-state index contributed by atoms with van der Waals surface area (Å²) in [6.07, 6.45) is 0. The van der Waals surface area contributed by atoms with Crippen molar-refractivity contribution in [3.8, 4) is 44.5 Å². The van der Waals surface area contributed by atoms with Crippen molar-refractivity contribution in [1.29, 1.82) is 0 Å². The third kappa shape index (κ3) is 3.82. The molecule has 0 unspecified atom stereocenters. The fraction of sp³-hybridized carbons (Fsp3) is 0.0638. The lowest BCUT2D eigenvalue weighted by atomic mass is 9.68. The van der Waals surface area contributed by atoms with Gasteiger partial charge in [-0.15, -0.1) is 0 Å². The average molecular weight is 597 g/mol. The first-order chi connectivity index (χ1) is 23.0. The molecule has 47 heavy (non-hydrogen) atoms. The van der Waals surface area contributed by atoms with Crippen LogP contribution in [0.2, 0.25) is 0 Å². The second kappa shape index (κ2) is 9.64. The van der Waals surface area contributed by atoms with Crippen LogP contribution in [0.5, 0.6) is 0 Å². The first kappa shape index (κ1) is 26.5. The van der Waals surface area contributed by atoms with Crippen LogP contribution in [-0.4, -0.2) is 0 Å². The maximum atomic E-state index is 2.46. The average Bonchev–Trinajstić information content (AvgIpc) is 3.13. The third-order valence-electron chi connectivity index (χ3n) is 10.8. The molecule has 0 N–H and O–H groups in total. The van der Waals surface area contributed by atoms with Gasteiger partial charge < -0.3 is 0 Å². The quantitative estimate of drug-likeness (QED) is 0.178. The highest BCUT2D eigenvalue weighted by molar-refractivity contribution is 6.25. The number of hydrogen-bond donors (Lipinski definition) is 0. The van der Waals surface area contributed by atoms with Gasteiger partial charge in [0.1, 0.15) is 0 Å². The molecule has 0 spiro atoms. The summed E-state index contributed by atoms with van der Waals surface area (Å²) in [6.45, 7) is 4.77. The lowest BCUT2D eigenvalue weighted by Gasteiger charge is -2.35. The molecule has 0 nitrogen and oxygen atoms in total. The van der Waals surface area contributed by atoms with Crippen molar-refractivity contribution in [1.82, 2.24) is 0 Å². The van der Waals surface area contributed by atoms with E-state index in [1.165, 1.54) is 98.7 Å². The SMILES string of the molecule is CC1(C)c2cc(-c3cc(-c4ccccc4)cc(-c4ccc5ccc6cccc7ccc4c5c67)c3)ccc2-c2cccc3cccc1c23. The minimum Gasteiger partial charge on any atom is -0.0622 e. The maximum absolute atomic E-state index is 2.46. The van der Waals surface area contributed by atoms with Gasteiger partial charge in [0.15, 0.2) is 0 Å². The van der Waals surface area contributed by atoms with Crippen molar-refractivity contribution in [2.45, 2.75) is 19.3 Å². The third-order valence-corrected chi connectivity index (χ3v) is 10.8. The van der Waals surface area contributed by atoms with Crippen molar-refractivity contribution in [3.63, 3.8) is 0 Å². The van der Waals surface area contributed by atoms with Crippen LogP contribution in [-0.2, 0) is 5.41 Å². The van der Waals surface area contributed by atoms with Crippen LogP contribution in [0.1, 0.15) is 25.0 Å². The predicted molar refractivity (Wildman–Crippen MR) is 202 cm³/mol. The molecule has 9 aromatic rings. The van der Waals surface area contributed by atoms with Crippen LogP contribution in [0.25, 0.3) is 87.6 Å². The molecule has 0 amide bonds. The molecular weight excluding hydrogens is 565 g/mol. The summed E-state index contributed by atoms with van der Waals surface area (Å²) in [4.78, 5) is 0. The molecule has 0 aromatic heterocycles. The number of hydrogen-bond acceptors (Lipinski definition) is 0. The molecule has 1 aliphatic carbocycles. The molecule has 9 aromatic carbocycles. The van der Waals surface area contributed by atoms with E-state index in [9.17, 15) is 0 Å². The number of fused-ring (bicyclic) bond motifs is 2. The Kier molecular flexibility index (Phi) is 5.44. The molecule has 0 fully saturated rings. The Labute approximate surface area is 274 Å². The lowest BCUT2D eigenvalue weighted by Crippen LogP contribution is -2.23. The van der Waals surface area contributed by atoms with Crippen molar-refractivity contribution in [2.24, 2.45) is 0 Å². The van der Waals surface area contributed by atoms with Crippen molar-refractivity contribution in [3.05, 3.63) is 169 Å². The summed E-state index contributed by atoms with van der Waals surface area (Å²) in [5, 5.41) is 10.6. The van der Waals surface area contributed by atoms with E-state index >= 15 is 0 Å².